The molecule has 1 aromatic rings. The summed E-state index contributed by atoms with van der Waals surface area (Å²) in [6.45, 7) is -1.71. The van der Waals surface area contributed by atoms with Crippen molar-refractivity contribution in [2.24, 2.45) is 11.5 Å². The van der Waals surface area contributed by atoms with E-state index < -0.39 is 43.3 Å². The molecule has 0 aliphatic heterocycles. The molecular weight excluding hydrogens is 291 g/mol. The average molecular weight is 305 g/mol. The number of hydrogen-bond acceptors (Lipinski definition) is 4. The minimum atomic E-state index is -4.68. The van der Waals surface area contributed by atoms with E-state index in [4.69, 9.17) is 16.6 Å². The molecule has 0 atom stereocenters. The summed E-state index contributed by atoms with van der Waals surface area (Å²) in [5.74, 6) is -1.65. The van der Waals surface area contributed by atoms with Crippen LogP contribution in [0.4, 0.5) is 18.9 Å². The van der Waals surface area contributed by atoms with Crippen LogP contribution in [0.15, 0.2) is 18.2 Å². The normalized spacial score (nSPS) is 11.2. The van der Waals surface area contributed by atoms with Crippen LogP contribution >= 0.6 is 0 Å². The van der Waals surface area contributed by atoms with Crippen LogP contribution < -0.4 is 16.4 Å². The highest BCUT2D eigenvalue weighted by Crippen LogP contribution is 2.34. The molecule has 0 bridgehead atoms. The summed E-state index contributed by atoms with van der Waals surface area (Å²) in [6, 6.07) is 3.04. The number of amides is 2. The minimum Gasteiger partial charge on any atom is -0.392 e. The van der Waals surface area contributed by atoms with Crippen molar-refractivity contribution in [3.8, 4) is 0 Å². The molecule has 2 amide bonds. The standard InChI is InChI=1S/C12H14F3N3O3/c13-12(14,15)9-3-8(2-1-7(9)6-19)18(4-10(16)20)5-11(17)21/h1-3,19H,4-6H2,(H2,16,20)(H2,17,21). The van der Waals surface area contributed by atoms with E-state index in [1.54, 1.807) is 0 Å². The van der Waals surface area contributed by atoms with Gasteiger partial charge >= 0.3 is 6.18 Å². The third kappa shape index (κ3) is 4.63. The van der Waals surface area contributed by atoms with Gasteiger partial charge in [-0.15, -0.1) is 0 Å². The highest BCUT2D eigenvalue weighted by Gasteiger charge is 2.34. The van der Waals surface area contributed by atoms with Gasteiger partial charge in [0.15, 0.2) is 0 Å². The number of aliphatic hydroxyl groups excluding tert-OH is 1. The fourth-order valence-corrected chi connectivity index (χ4v) is 1.78. The molecular formula is C12H14F3N3O3. The van der Waals surface area contributed by atoms with Gasteiger partial charge in [-0.25, -0.2) is 0 Å². The van der Waals surface area contributed by atoms with Gasteiger partial charge in [-0.3, -0.25) is 9.59 Å². The number of carbonyl (C=O) groups excluding carboxylic acids is 2. The van der Waals surface area contributed by atoms with E-state index in [1.807, 2.05) is 0 Å². The molecule has 9 heteroatoms. The molecule has 0 aliphatic carbocycles. The third-order valence-corrected chi connectivity index (χ3v) is 2.63. The molecule has 0 unspecified atom stereocenters. The molecule has 1 aromatic carbocycles. The molecule has 0 radical (unpaired) electrons. The molecule has 0 saturated heterocycles. The molecule has 0 saturated carbocycles. The van der Waals surface area contributed by atoms with Gasteiger partial charge in [0.05, 0.1) is 25.3 Å². The quantitative estimate of drug-likeness (QED) is 0.685. The summed E-state index contributed by atoms with van der Waals surface area (Å²) in [5, 5.41) is 8.94. The first-order chi connectivity index (χ1) is 9.65. The first kappa shape index (κ1) is 16.8. The number of primary amides is 2. The number of halogens is 3. The van der Waals surface area contributed by atoms with E-state index in [0.717, 1.165) is 17.0 Å². The van der Waals surface area contributed by atoms with Crippen molar-refractivity contribution < 1.29 is 27.9 Å². The summed E-state index contributed by atoms with van der Waals surface area (Å²) in [7, 11) is 0. The maximum atomic E-state index is 12.9. The Bertz CT molecular complexity index is 530. The smallest absolute Gasteiger partial charge is 0.392 e. The summed E-state index contributed by atoms with van der Waals surface area (Å²) < 4.78 is 38.7. The Morgan fingerprint density at radius 1 is 1.14 bits per heavy atom. The van der Waals surface area contributed by atoms with Gasteiger partial charge in [0.1, 0.15) is 0 Å². The monoisotopic (exact) mass is 305 g/mol. The fourth-order valence-electron chi connectivity index (χ4n) is 1.78. The molecule has 6 nitrogen and oxygen atoms in total. The van der Waals surface area contributed by atoms with Crippen molar-refractivity contribution in [1.29, 1.82) is 0 Å². The van der Waals surface area contributed by atoms with Crippen molar-refractivity contribution in [2.45, 2.75) is 12.8 Å². The summed E-state index contributed by atoms with van der Waals surface area (Å²) in [4.78, 5) is 22.9. The summed E-state index contributed by atoms with van der Waals surface area (Å²) in [6.07, 6.45) is -4.68. The Hall–Kier alpha value is -2.29. The van der Waals surface area contributed by atoms with Crippen molar-refractivity contribution in [3.63, 3.8) is 0 Å². The zero-order chi connectivity index (χ0) is 16.2. The molecule has 0 aliphatic rings. The Kier molecular flexibility index (Phi) is 5.14. The molecule has 0 heterocycles. The highest BCUT2D eigenvalue weighted by atomic mass is 19.4. The van der Waals surface area contributed by atoms with Crippen LogP contribution in [0.5, 0.6) is 0 Å². The van der Waals surface area contributed by atoms with Gasteiger partial charge in [0.25, 0.3) is 0 Å². The zero-order valence-corrected chi connectivity index (χ0v) is 10.9. The van der Waals surface area contributed by atoms with Crippen LogP contribution in [0.2, 0.25) is 0 Å². The van der Waals surface area contributed by atoms with Crippen molar-refractivity contribution in [1.82, 2.24) is 0 Å². The molecule has 0 fully saturated rings. The molecule has 116 valence electrons. The van der Waals surface area contributed by atoms with Gasteiger partial charge in [-0.1, -0.05) is 6.07 Å². The van der Waals surface area contributed by atoms with E-state index in [0.29, 0.717) is 0 Å². The first-order valence-electron chi connectivity index (χ1n) is 5.77. The molecule has 0 aromatic heterocycles. The minimum absolute atomic E-state index is 0.0443. The SMILES string of the molecule is NC(=O)CN(CC(N)=O)c1ccc(CO)c(C(F)(F)F)c1. The average Bonchev–Trinajstić information content (AvgIpc) is 2.35. The van der Waals surface area contributed by atoms with Gasteiger partial charge in [0, 0.05) is 5.69 Å². The number of nitrogens with two attached hydrogens (primary N) is 2. The van der Waals surface area contributed by atoms with E-state index in [9.17, 15) is 22.8 Å². The molecule has 5 N–H and O–H groups in total. The lowest BCUT2D eigenvalue weighted by Crippen LogP contribution is -2.39. The second-order valence-corrected chi connectivity index (χ2v) is 4.29. The highest BCUT2D eigenvalue weighted by molar-refractivity contribution is 5.84. The van der Waals surface area contributed by atoms with Crippen molar-refractivity contribution in [3.05, 3.63) is 29.3 Å². The van der Waals surface area contributed by atoms with Gasteiger partial charge in [-0.2, -0.15) is 13.2 Å². The number of hydrogen-bond donors (Lipinski definition) is 3. The molecule has 0 spiro atoms. The molecule has 21 heavy (non-hydrogen) atoms. The third-order valence-electron chi connectivity index (χ3n) is 2.63. The molecule has 1 rings (SSSR count). The van der Waals surface area contributed by atoms with Crippen LogP contribution in [0.3, 0.4) is 0 Å². The lowest BCUT2D eigenvalue weighted by molar-refractivity contribution is -0.138. The van der Waals surface area contributed by atoms with Gasteiger partial charge in [0.2, 0.25) is 11.8 Å². The Morgan fingerprint density at radius 3 is 2.05 bits per heavy atom. The van der Waals surface area contributed by atoms with Crippen LogP contribution in [0, 0.1) is 0 Å². The second kappa shape index (κ2) is 6.44. The number of carbonyl (C=O) groups is 2. The number of rotatable bonds is 6. The Balaban J connectivity index is 3.25. The van der Waals surface area contributed by atoms with E-state index >= 15 is 0 Å². The number of nitrogens with zero attached hydrogens (tertiary/aromatic N) is 1. The Morgan fingerprint density at radius 2 is 1.67 bits per heavy atom. The predicted octanol–water partition coefficient (Wildman–Crippen LogP) is -0.0253. The van der Waals surface area contributed by atoms with E-state index in [-0.39, 0.29) is 11.3 Å². The van der Waals surface area contributed by atoms with Gasteiger partial charge in [-0.05, 0) is 17.7 Å². The van der Waals surface area contributed by atoms with E-state index in [2.05, 4.69) is 0 Å². The van der Waals surface area contributed by atoms with E-state index in [1.165, 1.54) is 6.07 Å². The lowest BCUT2D eigenvalue weighted by atomic mass is 10.1. The van der Waals surface area contributed by atoms with Crippen LogP contribution in [-0.2, 0) is 22.4 Å². The lowest BCUT2D eigenvalue weighted by Gasteiger charge is -2.23. The maximum Gasteiger partial charge on any atom is 0.416 e. The second-order valence-electron chi connectivity index (χ2n) is 4.29. The van der Waals surface area contributed by atoms with Gasteiger partial charge < -0.3 is 21.5 Å². The fraction of sp³-hybridized carbons (Fsp3) is 0.333. The first-order valence-corrected chi connectivity index (χ1v) is 5.77. The number of anilines is 1. The summed E-state index contributed by atoms with van der Waals surface area (Å²) in [5.41, 5.74) is 8.57. The number of alkyl halides is 3. The van der Waals surface area contributed by atoms with Crippen LogP contribution in [0.25, 0.3) is 0 Å². The Labute approximate surface area is 118 Å². The van der Waals surface area contributed by atoms with Crippen molar-refractivity contribution >= 4 is 17.5 Å². The van der Waals surface area contributed by atoms with Crippen molar-refractivity contribution in [2.75, 3.05) is 18.0 Å². The zero-order valence-electron chi connectivity index (χ0n) is 10.9. The maximum absolute atomic E-state index is 12.9. The van der Waals surface area contributed by atoms with Crippen LogP contribution in [-0.4, -0.2) is 30.0 Å². The van der Waals surface area contributed by atoms with Crippen LogP contribution in [0.1, 0.15) is 11.1 Å². The predicted molar refractivity (Wildman–Crippen MR) is 68.0 cm³/mol. The topological polar surface area (TPSA) is 110 Å². The summed E-state index contributed by atoms with van der Waals surface area (Å²) >= 11 is 0. The number of benzene rings is 1. The largest absolute Gasteiger partial charge is 0.416 e. The number of aliphatic hydroxyl groups is 1.